The van der Waals surface area contributed by atoms with E-state index in [9.17, 15) is 18.0 Å². The summed E-state index contributed by atoms with van der Waals surface area (Å²) in [4.78, 5) is 13.3. The van der Waals surface area contributed by atoms with Crippen molar-refractivity contribution in [2.45, 2.75) is 25.9 Å². The summed E-state index contributed by atoms with van der Waals surface area (Å²) >= 11 is 6.00. The van der Waals surface area contributed by atoms with Gasteiger partial charge in [-0.15, -0.1) is 0 Å². The second-order valence-electron chi connectivity index (χ2n) is 5.24. The number of halogens is 4. The van der Waals surface area contributed by atoms with Gasteiger partial charge in [0.1, 0.15) is 0 Å². The van der Waals surface area contributed by atoms with Crippen LogP contribution in [-0.4, -0.2) is 30.2 Å². The summed E-state index contributed by atoms with van der Waals surface area (Å²) in [7, 11) is 0. The number of benzene rings is 1. The molecule has 0 saturated carbocycles. The zero-order valence-corrected chi connectivity index (χ0v) is 12.3. The number of aryl methyl sites for hydroxylation is 1. The van der Waals surface area contributed by atoms with Gasteiger partial charge >= 0.3 is 12.2 Å². The predicted molar refractivity (Wildman–Crippen MR) is 75.6 cm³/mol. The summed E-state index contributed by atoms with van der Waals surface area (Å²) in [6.45, 7) is 1.87. The summed E-state index contributed by atoms with van der Waals surface area (Å²) < 4.78 is 38.2. The molecular weight excluding hydrogens is 305 g/mol. The van der Waals surface area contributed by atoms with Crippen LogP contribution in [0.1, 0.15) is 18.4 Å². The van der Waals surface area contributed by atoms with E-state index in [2.05, 4.69) is 5.32 Å². The number of carbonyl (C=O) groups excluding carboxylic acids is 1. The molecule has 1 atom stereocenters. The molecule has 0 radical (unpaired) electrons. The molecule has 1 N–H and O–H groups in total. The van der Waals surface area contributed by atoms with Crippen molar-refractivity contribution in [1.29, 1.82) is 0 Å². The third kappa shape index (κ3) is 4.03. The lowest BCUT2D eigenvalue weighted by atomic mass is 9.98. The number of hydrogen-bond acceptors (Lipinski definition) is 1. The van der Waals surface area contributed by atoms with Gasteiger partial charge in [0.25, 0.3) is 0 Å². The van der Waals surface area contributed by atoms with Crippen molar-refractivity contribution < 1.29 is 18.0 Å². The topological polar surface area (TPSA) is 32.3 Å². The van der Waals surface area contributed by atoms with Crippen molar-refractivity contribution >= 4 is 23.3 Å². The number of anilines is 1. The molecule has 1 aliphatic rings. The number of urea groups is 1. The molecule has 0 aromatic heterocycles. The van der Waals surface area contributed by atoms with Crippen molar-refractivity contribution in [3.05, 3.63) is 28.8 Å². The Morgan fingerprint density at radius 1 is 1.43 bits per heavy atom. The van der Waals surface area contributed by atoms with Crippen LogP contribution >= 0.6 is 11.6 Å². The quantitative estimate of drug-likeness (QED) is 0.814. The first-order valence-electron chi connectivity index (χ1n) is 6.66. The Balaban J connectivity index is 2.03. The van der Waals surface area contributed by atoms with Crippen LogP contribution in [0.2, 0.25) is 5.02 Å². The molecular formula is C14H16ClF3N2O. The summed E-state index contributed by atoms with van der Waals surface area (Å²) in [6.07, 6.45) is -3.85. The van der Waals surface area contributed by atoms with Gasteiger partial charge in [0.2, 0.25) is 0 Å². The fourth-order valence-corrected chi connectivity index (χ4v) is 2.63. The first-order chi connectivity index (χ1) is 9.77. The zero-order chi connectivity index (χ0) is 15.6. The largest absolute Gasteiger partial charge is 0.393 e. The summed E-state index contributed by atoms with van der Waals surface area (Å²) in [5.74, 6) is -1.45. The molecule has 0 spiro atoms. The summed E-state index contributed by atoms with van der Waals surface area (Å²) in [5, 5.41) is 2.94. The van der Waals surface area contributed by atoms with Crippen LogP contribution in [0.25, 0.3) is 0 Å². The zero-order valence-electron chi connectivity index (χ0n) is 11.5. The van der Waals surface area contributed by atoms with Crippen molar-refractivity contribution in [1.82, 2.24) is 4.90 Å². The van der Waals surface area contributed by atoms with E-state index in [1.165, 1.54) is 4.90 Å². The minimum absolute atomic E-state index is 0.0680. The predicted octanol–water partition coefficient (Wildman–Crippen LogP) is 4.45. The highest BCUT2D eigenvalue weighted by Gasteiger charge is 2.42. The molecule has 1 fully saturated rings. The average Bonchev–Trinajstić information content (AvgIpc) is 2.41. The molecule has 1 aromatic carbocycles. The number of rotatable bonds is 1. The normalized spacial score (nSPS) is 19.5. The third-order valence-electron chi connectivity index (χ3n) is 3.54. The first-order valence-corrected chi connectivity index (χ1v) is 7.04. The maximum absolute atomic E-state index is 12.7. The highest BCUT2D eigenvalue weighted by molar-refractivity contribution is 6.33. The molecule has 7 heteroatoms. The Labute approximate surface area is 126 Å². The smallest absolute Gasteiger partial charge is 0.324 e. The van der Waals surface area contributed by atoms with Gasteiger partial charge in [0.15, 0.2) is 0 Å². The molecule has 0 aliphatic carbocycles. The fourth-order valence-electron chi connectivity index (χ4n) is 2.34. The number of nitrogens with one attached hydrogen (secondary N) is 1. The van der Waals surface area contributed by atoms with Crippen molar-refractivity contribution in [2.24, 2.45) is 5.92 Å². The van der Waals surface area contributed by atoms with E-state index in [0.717, 1.165) is 5.56 Å². The Hall–Kier alpha value is -1.43. The number of alkyl halides is 3. The molecule has 3 nitrogen and oxygen atoms in total. The number of amides is 2. The Morgan fingerprint density at radius 2 is 2.14 bits per heavy atom. The third-order valence-corrected chi connectivity index (χ3v) is 3.85. The molecule has 1 aliphatic heterocycles. The lowest BCUT2D eigenvalue weighted by Gasteiger charge is -2.33. The molecule has 0 bridgehead atoms. The lowest BCUT2D eigenvalue weighted by Crippen LogP contribution is -2.46. The lowest BCUT2D eigenvalue weighted by molar-refractivity contribution is -0.183. The van der Waals surface area contributed by atoms with Crippen molar-refractivity contribution in [2.75, 3.05) is 18.4 Å². The van der Waals surface area contributed by atoms with E-state index in [4.69, 9.17) is 11.6 Å². The molecule has 21 heavy (non-hydrogen) atoms. The van der Waals surface area contributed by atoms with Crippen LogP contribution in [0, 0.1) is 12.8 Å². The van der Waals surface area contributed by atoms with Gasteiger partial charge < -0.3 is 10.2 Å². The van der Waals surface area contributed by atoms with Gasteiger partial charge in [0.05, 0.1) is 16.6 Å². The number of hydrogen-bond donors (Lipinski definition) is 1. The number of piperidine rings is 1. The molecule has 2 amide bonds. The van der Waals surface area contributed by atoms with Gasteiger partial charge in [-0.1, -0.05) is 17.7 Å². The van der Waals surface area contributed by atoms with Crippen LogP contribution in [0.4, 0.5) is 23.7 Å². The standard InChI is InChI=1S/C14H16ClF3N2O/c1-9-4-5-12(11(15)7-9)19-13(21)20-6-2-3-10(8-20)14(16,17)18/h4-5,7,10H,2-3,6,8H2,1H3,(H,19,21). The Kier molecular flexibility index (Phi) is 4.66. The highest BCUT2D eigenvalue weighted by atomic mass is 35.5. The van der Waals surface area contributed by atoms with Crippen LogP contribution in [-0.2, 0) is 0 Å². The van der Waals surface area contributed by atoms with E-state index in [-0.39, 0.29) is 13.0 Å². The van der Waals surface area contributed by atoms with E-state index >= 15 is 0 Å². The number of nitrogens with zero attached hydrogens (tertiary/aromatic N) is 1. The van der Waals surface area contributed by atoms with Gasteiger partial charge in [-0.2, -0.15) is 13.2 Å². The Bertz CT molecular complexity index is 533. The molecule has 1 heterocycles. The van der Waals surface area contributed by atoms with Crippen molar-refractivity contribution in [3.8, 4) is 0 Å². The van der Waals surface area contributed by atoms with Gasteiger partial charge in [0, 0.05) is 13.1 Å². The van der Waals surface area contributed by atoms with Crippen LogP contribution < -0.4 is 5.32 Å². The van der Waals surface area contributed by atoms with Crippen LogP contribution in [0.3, 0.4) is 0 Å². The SMILES string of the molecule is Cc1ccc(NC(=O)N2CCCC(C(F)(F)F)C2)c(Cl)c1. The summed E-state index contributed by atoms with van der Waals surface area (Å²) in [5.41, 5.74) is 1.34. The van der Waals surface area contributed by atoms with Gasteiger partial charge in [-0.3, -0.25) is 0 Å². The van der Waals surface area contributed by atoms with Crippen molar-refractivity contribution in [3.63, 3.8) is 0 Å². The first kappa shape index (κ1) is 15.9. The molecule has 116 valence electrons. The Morgan fingerprint density at radius 3 is 2.76 bits per heavy atom. The van der Waals surface area contributed by atoms with E-state index in [1.807, 2.05) is 6.92 Å². The van der Waals surface area contributed by atoms with Gasteiger partial charge in [-0.25, -0.2) is 4.79 Å². The number of likely N-dealkylation sites (tertiary alicyclic amines) is 1. The van der Waals surface area contributed by atoms with Gasteiger partial charge in [-0.05, 0) is 37.5 Å². The number of carbonyl (C=O) groups is 1. The molecule has 1 aromatic rings. The maximum Gasteiger partial charge on any atom is 0.393 e. The van der Waals surface area contributed by atoms with Crippen LogP contribution in [0.5, 0.6) is 0 Å². The monoisotopic (exact) mass is 320 g/mol. The summed E-state index contributed by atoms with van der Waals surface area (Å²) in [6, 6.07) is 4.55. The minimum atomic E-state index is -4.26. The minimum Gasteiger partial charge on any atom is -0.324 e. The second-order valence-corrected chi connectivity index (χ2v) is 5.65. The van der Waals surface area contributed by atoms with E-state index in [1.54, 1.807) is 18.2 Å². The molecule has 2 rings (SSSR count). The van der Waals surface area contributed by atoms with E-state index in [0.29, 0.717) is 23.7 Å². The maximum atomic E-state index is 12.7. The molecule has 1 saturated heterocycles. The van der Waals surface area contributed by atoms with E-state index < -0.39 is 18.1 Å². The average molecular weight is 321 g/mol. The second kappa shape index (κ2) is 6.13. The van der Waals surface area contributed by atoms with Crippen LogP contribution in [0.15, 0.2) is 18.2 Å². The highest BCUT2D eigenvalue weighted by Crippen LogP contribution is 2.33. The molecule has 1 unspecified atom stereocenters. The fraction of sp³-hybridized carbons (Fsp3) is 0.500.